The van der Waals surface area contributed by atoms with Crippen molar-refractivity contribution in [3.8, 4) is 5.69 Å². The Kier molecular flexibility index (Phi) is 7.26. The van der Waals surface area contributed by atoms with E-state index in [2.05, 4.69) is 15.3 Å². The van der Waals surface area contributed by atoms with Gasteiger partial charge in [0.25, 0.3) is 5.91 Å². The van der Waals surface area contributed by atoms with E-state index in [0.717, 1.165) is 36.8 Å². The van der Waals surface area contributed by atoms with Gasteiger partial charge in [0.05, 0.1) is 42.4 Å². The van der Waals surface area contributed by atoms with Crippen LogP contribution >= 0.6 is 0 Å². The monoisotopic (exact) mass is 455 g/mol. The molecule has 1 aliphatic carbocycles. The van der Waals surface area contributed by atoms with Crippen LogP contribution in [0.25, 0.3) is 16.6 Å². The summed E-state index contributed by atoms with van der Waals surface area (Å²) < 4.78 is 17.6. The Bertz CT molecular complexity index is 1090. The zero-order valence-electron chi connectivity index (χ0n) is 18.6. The number of ether oxygens (including phenoxy) is 3. The number of aromatic amines is 1. The number of nitrogens with two attached hydrogens (primary N) is 1. The van der Waals surface area contributed by atoms with Gasteiger partial charge in [0.2, 0.25) is 0 Å². The number of nitrogens with zero attached hydrogens (tertiary/aromatic N) is 2. The summed E-state index contributed by atoms with van der Waals surface area (Å²) in [5.74, 6) is -0.157. The van der Waals surface area contributed by atoms with E-state index >= 15 is 0 Å². The molecule has 2 aromatic heterocycles. The fraction of sp³-hybridized carbons (Fsp3) is 0.435. The predicted molar refractivity (Wildman–Crippen MR) is 121 cm³/mol. The number of carbonyl (C=O) groups excluding carboxylic acids is 2. The molecule has 0 spiro atoms. The Hall–Kier alpha value is -3.37. The molecule has 4 rings (SSSR count). The quantitative estimate of drug-likeness (QED) is 0.425. The zero-order chi connectivity index (χ0) is 23.2. The topological polar surface area (TPSA) is 133 Å². The van der Waals surface area contributed by atoms with Crippen molar-refractivity contribution in [2.45, 2.75) is 44.4 Å². The molecule has 0 unspecified atom stereocenters. The SMILES string of the molecule is COCCO[C@H]1CC[C@H](NC(=O)c2cc(-n3ccnc3)cc3cc(COC(N)=O)[nH]c23)CC1. The van der Waals surface area contributed by atoms with Crippen molar-refractivity contribution >= 4 is 22.9 Å². The van der Waals surface area contributed by atoms with E-state index in [-0.39, 0.29) is 24.7 Å². The van der Waals surface area contributed by atoms with Crippen molar-refractivity contribution in [1.82, 2.24) is 19.9 Å². The van der Waals surface area contributed by atoms with Crippen molar-refractivity contribution in [3.63, 3.8) is 0 Å². The molecule has 0 saturated heterocycles. The third kappa shape index (κ3) is 5.71. The minimum Gasteiger partial charge on any atom is -0.443 e. The average molecular weight is 456 g/mol. The second-order valence-electron chi connectivity index (χ2n) is 8.14. The Balaban J connectivity index is 1.51. The van der Waals surface area contributed by atoms with Crippen LogP contribution in [-0.4, -0.2) is 59.0 Å². The maximum atomic E-state index is 13.3. The normalized spacial score (nSPS) is 18.3. The number of hydrogen-bond donors (Lipinski definition) is 3. The van der Waals surface area contributed by atoms with Gasteiger partial charge < -0.3 is 34.8 Å². The lowest BCUT2D eigenvalue weighted by Crippen LogP contribution is -2.39. The molecule has 4 N–H and O–H groups in total. The van der Waals surface area contributed by atoms with Crippen LogP contribution in [0.4, 0.5) is 4.79 Å². The van der Waals surface area contributed by atoms with Crippen molar-refractivity contribution in [3.05, 3.63) is 48.2 Å². The van der Waals surface area contributed by atoms with Crippen LogP contribution in [0.5, 0.6) is 0 Å². The number of fused-ring (bicyclic) bond motifs is 1. The number of nitrogens with one attached hydrogen (secondary N) is 2. The van der Waals surface area contributed by atoms with Gasteiger partial charge in [-0.2, -0.15) is 0 Å². The van der Waals surface area contributed by atoms with E-state index in [4.69, 9.17) is 19.9 Å². The first-order chi connectivity index (χ1) is 16.0. The molecule has 10 nitrogen and oxygen atoms in total. The molecule has 3 aromatic rings. The molecule has 0 aliphatic heterocycles. The minimum atomic E-state index is -0.854. The molecule has 1 aromatic carbocycles. The number of carbonyl (C=O) groups is 2. The van der Waals surface area contributed by atoms with Crippen molar-refractivity contribution < 1.29 is 23.8 Å². The molecular weight excluding hydrogens is 426 g/mol. The summed E-state index contributed by atoms with van der Waals surface area (Å²) >= 11 is 0. The summed E-state index contributed by atoms with van der Waals surface area (Å²) in [5, 5.41) is 4.00. The van der Waals surface area contributed by atoms with Crippen LogP contribution in [0.15, 0.2) is 36.9 Å². The molecule has 33 heavy (non-hydrogen) atoms. The van der Waals surface area contributed by atoms with Crippen LogP contribution < -0.4 is 11.1 Å². The van der Waals surface area contributed by atoms with E-state index in [1.807, 2.05) is 29.0 Å². The predicted octanol–water partition coefficient (Wildman–Crippen LogP) is 2.65. The van der Waals surface area contributed by atoms with Gasteiger partial charge in [0, 0.05) is 36.6 Å². The van der Waals surface area contributed by atoms with Gasteiger partial charge in [-0.1, -0.05) is 0 Å². The molecule has 2 amide bonds. The second-order valence-corrected chi connectivity index (χ2v) is 8.14. The summed E-state index contributed by atoms with van der Waals surface area (Å²) in [7, 11) is 1.66. The maximum Gasteiger partial charge on any atom is 0.404 e. The zero-order valence-corrected chi connectivity index (χ0v) is 18.6. The van der Waals surface area contributed by atoms with Gasteiger partial charge in [-0.25, -0.2) is 9.78 Å². The third-order valence-corrected chi connectivity index (χ3v) is 5.84. The number of amides is 2. The summed E-state index contributed by atoms with van der Waals surface area (Å²) in [4.78, 5) is 31.6. The molecular formula is C23H29N5O5. The van der Waals surface area contributed by atoms with Gasteiger partial charge in [-0.15, -0.1) is 0 Å². The number of aromatic nitrogens is 3. The molecule has 0 bridgehead atoms. The van der Waals surface area contributed by atoms with E-state index in [0.29, 0.717) is 30.0 Å². The summed E-state index contributed by atoms with van der Waals surface area (Å²) in [5.41, 5.74) is 7.73. The molecule has 0 radical (unpaired) electrons. The first kappa shape index (κ1) is 22.8. The smallest absolute Gasteiger partial charge is 0.404 e. The number of methoxy groups -OCH3 is 1. The average Bonchev–Trinajstić information content (AvgIpc) is 3.48. The Morgan fingerprint density at radius 3 is 2.73 bits per heavy atom. The Morgan fingerprint density at radius 2 is 2.03 bits per heavy atom. The van der Waals surface area contributed by atoms with E-state index in [9.17, 15) is 9.59 Å². The lowest BCUT2D eigenvalue weighted by atomic mass is 9.92. The van der Waals surface area contributed by atoms with Crippen molar-refractivity contribution in [2.24, 2.45) is 5.73 Å². The van der Waals surface area contributed by atoms with E-state index in [1.165, 1.54) is 0 Å². The van der Waals surface area contributed by atoms with Gasteiger partial charge in [0.15, 0.2) is 0 Å². The number of imidazole rings is 1. The van der Waals surface area contributed by atoms with Gasteiger partial charge in [-0.05, 0) is 43.9 Å². The lowest BCUT2D eigenvalue weighted by Gasteiger charge is -2.29. The van der Waals surface area contributed by atoms with Crippen LogP contribution in [0.1, 0.15) is 41.7 Å². The lowest BCUT2D eigenvalue weighted by molar-refractivity contribution is -0.00408. The number of primary amides is 1. The highest BCUT2D eigenvalue weighted by Gasteiger charge is 2.24. The molecule has 1 saturated carbocycles. The molecule has 0 atom stereocenters. The number of hydrogen-bond acceptors (Lipinski definition) is 6. The standard InChI is InChI=1S/C23H29N5O5/c1-31-8-9-32-19-4-2-16(3-5-19)27-22(29)20-12-18(28-7-6-25-14-28)11-15-10-17(26-21(15)20)13-33-23(24)30/h6-7,10-12,14,16,19,26H,2-5,8-9,13H2,1H3,(H2,24,30)(H,27,29)/t16-,19-. The van der Waals surface area contributed by atoms with Crippen LogP contribution in [0.2, 0.25) is 0 Å². The van der Waals surface area contributed by atoms with Gasteiger partial charge >= 0.3 is 6.09 Å². The molecule has 1 fully saturated rings. The summed E-state index contributed by atoms with van der Waals surface area (Å²) in [6.07, 6.45) is 8.04. The second kappa shape index (κ2) is 10.5. The number of rotatable bonds is 9. The van der Waals surface area contributed by atoms with Gasteiger partial charge in [0.1, 0.15) is 6.61 Å². The van der Waals surface area contributed by atoms with Gasteiger partial charge in [-0.3, -0.25) is 4.79 Å². The van der Waals surface area contributed by atoms with Crippen LogP contribution in [0.3, 0.4) is 0 Å². The van der Waals surface area contributed by atoms with Crippen LogP contribution in [-0.2, 0) is 20.8 Å². The minimum absolute atomic E-state index is 0.00142. The fourth-order valence-electron chi connectivity index (χ4n) is 4.19. The van der Waals surface area contributed by atoms with Crippen molar-refractivity contribution in [2.75, 3.05) is 20.3 Å². The highest BCUT2D eigenvalue weighted by atomic mass is 16.5. The maximum absolute atomic E-state index is 13.3. The molecule has 2 heterocycles. The highest BCUT2D eigenvalue weighted by Crippen LogP contribution is 2.26. The number of benzene rings is 1. The largest absolute Gasteiger partial charge is 0.443 e. The highest BCUT2D eigenvalue weighted by molar-refractivity contribution is 6.07. The molecule has 176 valence electrons. The first-order valence-electron chi connectivity index (χ1n) is 11.0. The first-order valence-corrected chi connectivity index (χ1v) is 11.0. The Labute approximate surface area is 191 Å². The van der Waals surface area contributed by atoms with Crippen molar-refractivity contribution in [1.29, 1.82) is 0 Å². The summed E-state index contributed by atoms with van der Waals surface area (Å²) in [6.45, 7) is 1.17. The molecule has 10 heteroatoms. The van der Waals surface area contributed by atoms with Crippen LogP contribution in [0, 0.1) is 0 Å². The Morgan fingerprint density at radius 1 is 1.21 bits per heavy atom. The van der Waals surface area contributed by atoms with E-state index < -0.39 is 6.09 Å². The summed E-state index contributed by atoms with van der Waals surface area (Å²) in [6, 6.07) is 5.70. The third-order valence-electron chi connectivity index (χ3n) is 5.84. The van der Waals surface area contributed by atoms with E-state index in [1.54, 1.807) is 19.6 Å². The number of H-pyrrole nitrogens is 1. The molecule has 1 aliphatic rings. The fourth-order valence-corrected chi connectivity index (χ4v) is 4.19.